The summed E-state index contributed by atoms with van der Waals surface area (Å²) >= 11 is 5.89. The number of para-hydroxylation sites is 1. The van der Waals surface area contributed by atoms with Crippen LogP contribution in [-0.4, -0.2) is 25.1 Å². The van der Waals surface area contributed by atoms with Crippen LogP contribution in [0.1, 0.15) is 17.9 Å². The monoisotopic (exact) mass is 400 g/mol. The molecule has 3 rings (SSSR count). The lowest BCUT2D eigenvalue weighted by Crippen LogP contribution is -2.23. The van der Waals surface area contributed by atoms with Crippen LogP contribution in [0.3, 0.4) is 0 Å². The van der Waals surface area contributed by atoms with E-state index in [4.69, 9.17) is 25.5 Å². The minimum Gasteiger partial charge on any atom is -0.493 e. The number of oxazole rings is 1. The van der Waals surface area contributed by atoms with Crippen molar-refractivity contribution in [2.45, 2.75) is 19.4 Å². The molecule has 0 saturated heterocycles. The number of aryl methyl sites for hydroxylation is 1. The van der Waals surface area contributed by atoms with Gasteiger partial charge >= 0.3 is 0 Å². The van der Waals surface area contributed by atoms with E-state index in [9.17, 15) is 4.79 Å². The van der Waals surface area contributed by atoms with Crippen molar-refractivity contribution in [3.8, 4) is 22.8 Å². The Morgan fingerprint density at radius 1 is 1.14 bits per heavy atom. The van der Waals surface area contributed by atoms with Gasteiger partial charge in [0.15, 0.2) is 23.1 Å². The van der Waals surface area contributed by atoms with Crippen LogP contribution < -0.4 is 14.8 Å². The van der Waals surface area contributed by atoms with E-state index in [2.05, 4.69) is 10.3 Å². The summed E-state index contributed by atoms with van der Waals surface area (Å²) in [5.74, 6) is 2.30. The lowest BCUT2D eigenvalue weighted by molar-refractivity contribution is -0.121. The molecule has 1 aromatic heterocycles. The Labute approximate surface area is 168 Å². The van der Waals surface area contributed by atoms with E-state index in [1.54, 1.807) is 32.5 Å². The summed E-state index contributed by atoms with van der Waals surface area (Å²) in [4.78, 5) is 16.4. The van der Waals surface area contributed by atoms with Crippen LogP contribution in [0.2, 0.25) is 5.02 Å². The first-order valence-electron chi connectivity index (χ1n) is 8.78. The van der Waals surface area contributed by atoms with Crippen molar-refractivity contribution in [2.24, 2.45) is 0 Å². The first kappa shape index (κ1) is 19.8. The van der Waals surface area contributed by atoms with Crippen molar-refractivity contribution < 1.29 is 18.7 Å². The number of rotatable bonds is 8. The van der Waals surface area contributed by atoms with Gasteiger partial charge in [-0.1, -0.05) is 23.7 Å². The van der Waals surface area contributed by atoms with Crippen LogP contribution in [0, 0.1) is 0 Å². The highest BCUT2D eigenvalue weighted by Crippen LogP contribution is 2.30. The first-order valence-corrected chi connectivity index (χ1v) is 9.15. The maximum absolute atomic E-state index is 12.2. The molecule has 0 aliphatic heterocycles. The zero-order chi connectivity index (χ0) is 19.9. The number of hydrogen-bond donors (Lipinski definition) is 1. The largest absolute Gasteiger partial charge is 0.493 e. The van der Waals surface area contributed by atoms with Gasteiger partial charge in [-0.15, -0.1) is 0 Å². The van der Waals surface area contributed by atoms with Crippen LogP contribution in [0.25, 0.3) is 11.3 Å². The van der Waals surface area contributed by atoms with Crippen LogP contribution in [0.5, 0.6) is 11.5 Å². The number of carbonyl (C=O) groups is 1. The van der Waals surface area contributed by atoms with Gasteiger partial charge < -0.3 is 19.2 Å². The predicted molar refractivity (Wildman–Crippen MR) is 107 cm³/mol. The number of nitrogens with zero attached hydrogens (tertiary/aromatic N) is 1. The third-order valence-electron chi connectivity index (χ3n) is 4.21. The van der Waals surface area contributed by atoms with Crippen molar-refractivity contribution >= 4 is 17.5 Å². The van der Waals surface area contributed by atoms with Crippen molar-refractivity contribution in [3.05, 3.63) is 65.1 Å². The van der Waals surface area contributed by atoms with Gasteiger partial charge in [-0.05, 0) is 30.3 Å². The van der Waals surface area contributed by atoms with E-state index in [1.807, 2.05) is 30.3 Å². The molecule has 1 N–H and O–H groups in total. The number of aromatic nitrogens is 1. The molecular weight excluding hydrogens is 380 g/mol. The fourth-order valence-electron chi connectivity index (χ4n) is 2.77. The minimum absolute atomic E-state index is 0.101. The summed E-state index contributed by atoms with van der Waals surface area (Å²) in [5, 5.41) is 3.54. The Bertz CT molecular complexity index is 938. The van der Waals surface area contributed by atoms with Crippen molar-refractivity contribution in [2.75, 3.05) is 14.2 Å². The van der Waals surface area contributed by atoms with Crippen LogP contribution in [0.15, 0.2) is 53.1 Å². The molecule has 2 aromatic carbocycles. The molecule has 0 saturated carbocycles. The van der Waals surface area contributed by atoms with E-state index in [-0.39, 0.29) is 12.3 Å². The first-order chi connectivity index (χ1) is 13.6. The third kappa shape index (κ3) is 4.84. The summed E-state index contributed by atoms with van der Waals surface area (Å²) in [6.07, 6.45) is 2.33. The molecule has 28 heavy (non-hydrogen) atoms. The molecule has 0 atom stereocenters. The second-order valence-corrected chi connectivity index (χ2v) is 6.49. The summed E-state index contributed by atoms with van der Waals surface area (Å²) in [7, 11) is 3.15. The second kappa shape index (κ2) is 9.28. The van der Waals surface area contributed by atoms with E-state index in [1.165, 1.54) is 0 Å². The number of amides is 1. The van der Waals surface area contributed by atoms with Crippen molar-refractivity contribution in [1.29, 1.82) is 0 Å². The van der Waals surface area contributed by atoms with Crippen molar-refractivity contribution in [1.82, 2.24) is 10.3 Å². The number of carbonyl (C=O) groups excluding carboxylic acids is 1. The Morgan fingerprint density at radius 2 is 1.93 bits per heavy atom. The highest BCUT2D eigenvalue weighted by atomic mass is 35.5. The lowest BCUT2D eigenvalue weighted by atomic mass is 10.1. The molecule has 6 nitrogen and oxygen atoms in total. The summed E-state index contributed by atoms with van der Waals surface area (Å²) in [5.41, 5.74) is 1.73. The Balaban J connectivity index is 1.53. The predicted octanol–water partition coefficient (Wildman–Crippen LogP) is 4.26. The molecule has 7 heteroatoms. The zero-order valence-corrected chi connectivity index (χ0v) is 16.5. The van der Waals surface area contributed by atoms with Crippen LogP contribution in [0.4, 0.5) is 0 Å². The molecule has 1 amide bonds. The van der Waals surface area contributed by atoms with Crippen LogP contribution >= 0.6 is 11.6 Å². The summed E-state index contributed by atoms with van der Waals surface area (Å²) < 4.78 is 16.4. The number of methoxy groups -OCH3 is 2. The second-order valence-electron chi connectivity index (χ2n) is 6.05. The molecule has 0 fully saturated rings. The van der Waals surface area contributed by atoms with E-state index >= 15 is 0 Å². The SMILES string of the molecule is COc1cccc(CNC(=O)CCc2ncc(-c3ccc(Cl)cc3)o2)c1OC. The zero-order valence-electron chi connectivity index (χ0n) is 15.7. The van der Waals surface area contributed by atoms with Gasteiger partial charge in [0.25, 0.3) is 0 Å². The van der Waals surface area contributed by atoms with Gasteiger partial charge in [0.1, 0.15) is 0 Å². The number of hydrogen-bond acceptors (Lipinski definition) is 5. The fraction of sp³-hybridized carbons (Fsp3) is 0.238. The van der Waals surface area contributed by atoms with Gasteiger partial charge in [-0.2, -0.15) is 0 Å². The smallest absolute Gasteiger partial charge is 0.220 e. The molecule has 0 radical (unpaired) electrons. The van der Waals surface area contributed by atoms with Crippen molar-refractivity contribution in [3.63, 3.8) is 0 Å². The lowest BCUT2D eigenvalue weighted by Gasteiger charge is -2.13. The van der Waals surface area contributed by atoms with E-state index in [0.717, 1.165) is 11.1 Å². The van der Waals surface area contributed by atoms with Gasteiger partial charge in [0, 0.05) is 35.5 Å². The summed E-state index contributed by atoms with van der Waals surface area (Å²) in [6.45, 7) is 0.348. The molecule has 146 valence electrons. The fourth-order valence-corrected chi connectivity index (χ4v) is 2.90. The molecule has 0 bridgehead atoms. The average Bonchev–Trinajstić information content (AvgIpc) is 3.19. The highest BCUT2D eigenvalue weighted by molar-refractivity contribution is 6.30. The maximum Gasteiger partial charge on any atom is 0.220 e. The van der Waals surface area contributed by atoms with Gasteiger partial charge in [-0.25, -0.2) is 4.98 Å². The molecule has 0 aliphatic rings. The number of ether oxygens (including phenoxy) is 2. The number of benzene rings is 2. The molecule has 0 spiro atoms. The maximum atomic E-state index is 12.2. The average molecular weight is 401 g/mol. The van der Waals surface area contributed by atoms with Gasteiger partial charge in [0.05, 0.1) is 20.4 Å². The quantitative estimate of drug-likeness (QED) is 0.611. The Morgan fingerprint density at radius 3 is 2.64 bits per heavy atom. The van der Waals surface area contributed by atoms with Gasteiger partial charge in [0.2, 0.25) is 5.91 Å². The van der Waals surface area contributed by atoms with E-state index < -0.39 is 0 Å². The van der Waals surface area contributed by atoms with Gasteiger partial charge in [-0.3, -0.25) is 4.79 Å². The van der Waals surface area contributed by atoms with E-state index in [0.29, 0.717) is 41.1 Å². The summed E-state index contributed by atoms with van der Waals surface area (Å²) in [6, 6.07) is 12.9. The molecule has 0 unspecified atom stereocenters. The normalized spacial score (nSPS) is 10.5. The minimum atomic E-state index is -0.101. The highest BCUT2D eigenvalue weighted by Gasteiger charge is 2.12. The Kier molecular flexibility index (Phi) is 6.55. The molecular formula is C21H21ClN2O4. The molecule has 0 aliphatic carbocycles. The molecule has 1 heterocycles. The van der Waals surface area contributed by atoms with Crippen LogP contribution in [-0.2, 0) is 17.8 Å². The third-order valence-corrected chi connectivity index (χ3v) is 4.46. The topological polar surface area (TPSA) is 73.6 Å². The standard InChI is InChI=1S/C21H21ClN2O4/c1-26-17-5-3-4-15(21(17)27-2)12-23-19(25)10-11-20-24-13-18(28-20)14-6-8-16(22)9-7-14/h3-9,13H,10-12H2,1-2H3,(H,23,25). The molecule has 3 aromatic rings. The Hall–Kier alpha value is -2.99. The number of halogens is 1. The number of nitrogens with one attached hydrogen (secondary N) is 1.